The summed E-state index contributed by atoms with van der Waals surface area (Å²) in [6, 6.07) is 8.46. The van der Waals surface area contributed by atoms with E-state index >= 15 is 0 Å². The number of hydrogen-bond acceptors (Lipinski definition) is 3. The smallest absolute Gasteiger partial charge is 0.416 e. The van der Waals surface area contributed by atoms with Crippen LogP contribution in [-0.2, 0) is 11.0 Å². The molecule has 0 unspecified atom stereocenters. The molecule has 1 aromatic heterocycles. The average Bonchev–Trinajstić information content (AvgIpc) is 3.19. The van der Waals surface area contributed by atoms with Gasteiger partial charge in [0.2, 0.25) is 0 Å². The first-order chi connectivity index (χ1) is 13.3. The van der Waals surface area contributed by atoms with Crippen molar-refractivity contribution in [2.24, 2.45) is 0 Å². The molecule has 7 heteroatoms. The number of carbonyl (C=O) groups is 1. The summed E-state index contributed by atoms with van der Waals surface area (Å²) >= 11 is 0. The Balaban J connectivity index is 2.00. The molecular weight excluding hydrogens is 369 g/mol. The van der Waals surface area contributed by atoms with Crippen LogP contribution in [0.15, 0.2) is 60.8 Å². The molecule has 0 saturated carbocycles. The number of nitrogens with zero attached hydrogens (tertiary/aromatic N) is 2. The molecule has 1 saturated heterocycles. The van der Waals surface area contributed by atoms with Crippen LogP contribution in [0.2, 0.25) is 0 Å². The third-order valence-electron chi connectivity index (χ3n) is 4.51. The van der Waals surface area contributed by atoms with Gasteiger partial charge in [0, 0.05) is 25.4 Å². The van der Waals surface area contributed by atoms with Crippen molar-refractivity contribution in [2.45, 2.75) is 19.0 Å². The van der Waals surface area contributed by atoms with Crippen molar-refractivity contribution in [1.29, 1.82) is 0 Å². The highest BCUT2D eigenvalue weighted by Gasteiger charge is 2.30. The van der Waals surface area contributed by atoms with E-state index < -0.39 is 17.7 Å². The fraction of sp³-hybridized carbons (Fsp3) is 0.238. The SMILES string of the molecule is O=C(O)/C=C/C=C(/c1ccc(C(F)(F)F)cc1)c1ccnc(N2CCCC2)c1. The minimum Gasteiger partial charge on any atom is -0.478 e. The lowest BCUT2D eigenvalue weighted by Crippen LogP contribution is -2.18. The molecule has 0 spiro atoms. The van der Waals surface area contributed by atoms with E-state index in [1.54, 1.807) is 18.3 Å². The Morgan fingerprint density at radius 2 is 1.75 bits per heavy atom. The number of aliphatic carboxylic acids is 1. The Bertz CT molecular complexity index is 897. The van der Waals surface area contributed by atoms with E-state index in [-0.39, 0.29) is 0 Å². The summed E-state index contributed by atoms with van der Waals surface area (Å²) in [6.45, 7) is 1.82. The van der Waals surface area contributed by atoms with Crippen LogP contribution in [0.1, 0.15) is 29.5 Å². The van der Waals surface area contributed by atoms with E-state index in [1.165, 1.54) is 18.2 Å². The standard InChI is InChI=1S/C21H19F3N2O2/c22-21(23,24)17-8-6-15(7-9-17)18(4-3-5-20(27)28)16-10-11-25-19(14-16)26-12-1-2-13-26/h3-11,14H,1-2,12-13H2,(H,27,28)/b5-3+,18-4-. The molecule has 0 radical (unpaired) electrons. The van der Waals surface area contributed by atoms with E-state index in [0.717, 1.165) is 55.5 Å². The second kappa shape index (κ2) is 8.29. The van der Waals surface area contributed by atoms with Crippen molar-refractivity contribution in [3.8, 4) is 0 Å². The van der Waals surface area contributed by atoms with Gasteiger partial charge in [-0.15, -0.1) is 0 Å². The largest absolute Gasteiger partial charge is 0.478 e. The summed E-state index contributed by atoms with van der Waals surface area (Å²) < 4.78 is 38.6. The average molecular weight is 388 g/mol. The molecule has 0 bridgehead atoms. The first-order valence-electron chi connectivity index (χ1n) is 8.85. The number of alkyl halides is 3. The van der Waals surface area contributed by atoms with Crippen molar-refractivity contribution in [2.75, 3.05) is 18.0 Å². The maximum absolute atomic E-state index is 12.9. The Morgan fingerprint density at radius 3 is 2.36 bits per heavy atom. The van der Waals surface area contributed by atoms with Crippen LogP contribution in [0.25, 0.3) is 5.57 Å². The first kappa shape index (κ1) is 19.7. The zero-order chi connectivity index (χ0) is 20.1. The predicted octanol–water partition coefficient (Wildman–Crippen LogP) is 4.77. The lowest BCUT2D eigenvalue weighted by Gasteiger charge is -2.18. The molecule has 0 atom stereocenters. The van der Waals surface area contributed by atoms with Crippen LogP contribution >= 0.6 is 0 Å². The number of rotatable bonds is 5. The maximum Gasteiger partial charge on any atom is 0.416 e. The van der Waals surface area contributed by atoms with Crippen LogP contribution in [0.4, 0.5) is 19.0 Å². The first-order valence-corrected chi connectivity index (χ1v) is 8.85. The number of benzene rings is 1. The minimum atomic E-state index is -4.41. The Kier molecular flexibility index (Phi) is 5.82. The monoisotopic (exact) mass is 388 g/mol. The van der Waals surface area contributed by atoms with Crippen molar-refractivity contribution in [3.63, 3.8) is 0 Å². The van der Waals surface area contributed by atoms with Gasteiger partial charge in [-0.05, 0) is 53.8 Å². The molecule has 1 fully saturated rings. The van der Waals surface area contributed by atoms with Crippen LogP contribution in [0.3, 0.4) is 0 Å². The molecule has 2 heterocycles. The van der Waals surface area contributed by atoms with Gasteiger partial charge < -0.3 is 10.0 Å². The second-order valence-electron chi connectivity index (χ2n) is 6.45. The van der Waals surface area contributed by atoms with Gasteiger partial charge in [0.05, 0.1) is 5.56 Å². The highest BCUT2D eigenvalue weighted by Crippen LogP contribution is 2.32. The van der Waals surface area contributed by atoms with Crippen LogP contribution in [-0.4, -0.2) is 29.1 Å². The van der Waals surface area contributed by atoms with Crippen molar-refractivity contribution >= 4 is 17.4 Å². The van der Waals surface area contributed by atoms with Crippen molar-refractivity contribution in [3.05, 3.63) is 77.5 Å². The highest BCUT2D eigenvalue weighted by atomic mass is 19.4. The van der Waals surface area contributed by atoms with Gasteiger partial charge in [-0.1, -0.05) is 24.3 Å². The number of pyridine rings is 1. The van der Waals surface area contributed by atoms with Crippen LogP contribution < -0.4 is 4.90 Å². The van der Waals surface area contributed by atoms with Gasteiger partial charge in [0.25, 0.3) is 0 Å². The van der Waals surface area contributed by atoms with Gasteiger partial charge in [0.15, 0.2) is 0 Å². The topological polar surface area (TPSA) is 53.4 Å². The van der Waals surface area contributed by atoms with E-state index in [4.69, 9.17) is 5.11 Å². The molecule has 3 rings (SSSR count). The lowest BCUT2D eigenvalue weighted by molar-refractivity contribution is -0.137. The zero-order valence-corrected chi connectivity index (χ0v) is 15.0. The molecular formula is C21H19F3N2O2. The zero-order valence-electron chi connectivity index (χ0n) is 15.0. The van der Waals surface area contributed by atoms with E-state index in [0.29, 0.717) is 11.1 Å². The fourth-order valence-electron chi connectivity index (χ4n) is 3.13. The molecule has 2 aromatic rings. The number of carboxylic acids is 1. The summed E-state index contributed by atoms with van der Waals surface area (Å²) in [4.78, 5) is 17.3. The molecule has 0 amide bonds. The minimum absolute atomic E-state index is 0.557. The number of carboxylic acid groups (broad SMARTS) is 1. The molecule has 1 aliphatic heterocycles. The van der Waals surface area contributed by atoms with E-state index in [9.17, 15) is 18.0 Å². The quantitative estimate of drug-likeness (QED) is 0.592. The fourth-order valence-corrected chi connectivity index (χ4v) is 3.13. The molecule has 1 N–H and O–H groups in total. The summed E-state index contributed by atoms with van der Waals surface area (Å²) in [6.07, 6.45) is 3.36. The van der Waals surface area contributed by atoms with E-state index in [1.807, 2.05) is 6.07 Å². The lowest BCUT2D eigenvalue weighted by atomic mass is 9.97. The van der Waals surface area contributed by atoms with Gasteiger partial charge in [0.1, 0.15) is 5.82 Å². The molecule has 28 heavy (non-hydrogen) atoms. The van der Waals surface area contributed by atoms with Crippen molar-refractivity contribution in [1.82, 2.24) is 4.98 Å². The van der Waals surface area contributed by atoms with Gasteiger partial charge in [-0.3, -0.25) is 0 Å². The normalized spacial score (nSPS) is 15.4. The summed E-state index contributed by atoms with van der Waals surface area (Å²) in [5.41, 5.74) is 1.20. The van der Waals surface area contributed by atoms with Crippen molar-refractivity contribution < 1.29 is 23.1 Å². The highest BCUT2D eigenvalue weighted by molar-refractivity contribution is 5.84. The number of hydrogen-bond donors (Lipinski definition) is 1. The van der Waals surface area contributed by atoms with Gasteiger partial charge in [-0.2, -0.15) is 13.2 Å². The molecule has 0 aliphatic carbocycles. The molecule has 4 nitrogen and oxygen atoms in total. The molecule has 1 aromatic carbocycles. The van der Waals surface area contributed by atoms with E-state index in [2.05, 4.69) is 9.88 Å². The Morgan fingerprint density at radius 1 is 1.07 bits per heavy atom. The predicted molar refractivity (Wildman–Crippen MR) is 101 cm³/mol. The Hall–Kier alpha value is -3.09. The van der Waals surface area contributed by atoms with Crippen LogP contribution in [0, 0.1) is 0 Å². The third-order valence-corrected chi connectivity index (χ3v) is 4.51. The Labute approximate surface area is 160 Å². The second-order valence-corrected chi connectivity index (χ2v) is 6.45. The number of aromatic nitrogens is 1. The van der Waals surface area contributed by atoms with Gasteiger partial charge >= 0.3 is 12.1 Å². The third kappa shape index (κ3) is 4.79. The maximum atomic E-state index is 12.9. The summed E-state index contributed by atoms with van der Waals surface area (Å²) in [5.74, 6) is -0.300. The molecule has 1 aliphatic rings. The number of anilines is 1. The summed E-state index contributed by atoms with van der Waals surface area (Å²) in [5, 5.41) is 8.82. The molecule has 146 valence electrons. The summed E-state index contributed by atoms with van der Waals surface area (Å²) in [7, 11) is 0. The van der Waals surface area contributed by atoms with Crippen LogP contribution in [0.5, 0.6) is 0 Å². The number of allylic oxidation sites excluding steroid dienone is 2. The number of halogens is 3. The van der Waals surface area contributed by atoms with Gasteiger partial charge in [-0.25, -0.2) is 9.78 Å².